The molecule has 2 atom stereocenters. The Bertz CT molecular complexity index is 1110. The van der Waals surface area contributed by atoms with Crippen LogP contribution in [0.3, 0.4) is 0 Å². The first-order valence-electron chi connectivity index (χ1n) is 10.2. The topological polar surface area (TPSA) is 96.0 Å². The number of aromatic nitrogens is 4. The summed E-state index contributed by atoms with van der Waals surface area (Å²) in [6.45, 7) is 0. The zero-order valence-electron chi connectivity index (χ0n) is 16.5. The third kappa shape index (κ3) is 3.97. The molecule has 0 unspecified atom stereocenters. The maximum atomic E-state index is 10.0. The van der Waals surface area contributed by atoms with Crippen molar-refractivity contribution in [2.75, 3.05) is 5.32 Å². The molecule has 0 radical (unpaired) electrons. The molecule has 0 saturated heterocycles. The molecule has 1 saturated carbocycles. The van der Waals surface area contributed by atoms with Gasteiger partial charge in [-0.25, -0.2) is 9.97 Å². The molecule has 0 amide bonds. The second-order valence-electron chi connectivity index (χ2n) is 7.62. The molecule has 7 heteroatoms. The number of aliphatic hydroxyl groups excluding tert-OH is 1. The first-order valence-corrected chi connectivity index (χ1v) is 10.2. The van der Waals surface area contributed by atoms with Crippen molar-refractivity contribution >= 4 is 22.7 Å². The van der Waals surface area contributed by atoms with Crippen LogP contribution in [-0.2, 0) is 0 Å². The molecule has 1 aliphatic rings. The molecule has 0 aliphatic heterocycles. The Labute approximate surface area is 174 Å². The molecule has 7 nitrogen and oxygen atoms in total. The minimum atomic E-state index is -0.276. The average Bonchev–Trinajstić information content (AvgIpc) is 3.18. The molecule has 2 aromatic heterocycles. The predicted molar refractivity (Wildman–Crippen MR) is 115 cm³/mol. The molecule has 30 heavy (non-hydrogen) atoms. The van der Waals surface area contributed by atoms with Gasteiger partial charge >= 0.3 is 0 Å². The van der Waals surface area contributed by atoms with Crippen LogP contribution in [0.1, 0.15) is 37.3 Å². The summed E-state index contributed by atoms with van der Waals surface area (Å²) in [6, 6.07) is 15.6. The number of benzene rings is 2. The number of nitrogens with one attached hydrogen (secondary N) is 2. The van der Waals surface area contributed by atoms with Crippen molar-refractivity contribution in [3.63, 3.8) is 0 Å². The lowest BCUT2D eigenvalue weighted by Gasteiger charge is -2.26. The number of ether oxygens (including phenoxy) is 1. The van der Waals surface area contributed by atoms with Crippen molar-refractivity contribution in [2.45, 2.75) is 37.7 Å². The predicted octanol–water partition coefficient (Wildman–Crippen LogP) is 4.91. The van der Waals surface area contributed by atoms with E-state index in [1.807, 2.05) is 48.5 Å². The quantitative estimate of drug-likeness (QED) is 0.440. The van der Waals surface area contributed by atoms with E-state index in [1.165, 1.54) is 0 Å². The van der Waals surface area contributed by atoms with Crippen molar-refractivity contribution in [3.05, 3.63) is 66.6 Å². The first-order chi connectivity index (χ1) is 14.7. The van der Waals surface area contributed by atoms with Gasteiger partial charge in [-0.05, 0) is 55.7 Å². The summed E-state index contributed by atoms with van der Waals surface area (Å²) in [4.78, 5) is 16.7. The lowest BCUT2D eigenvalue weighted by Crippen LogP contribution is -2.19. The number of hydrogen-bond acceptors (Lipinski definition) is 6. The molecule has 2 heterocycles. The van der Waals surface area contributed by atoms with Gasteiger partial charge in [0.25, 0.3) is 0 Å². The minimum absolute atomic E-state index is 0.173. The van der Waals surface area contributed by atoms with Gasteiger partial charge in [-0.15, -0.1) is 0 Å². The van der Waals surface area contributed by atoms with Gasteiger partial charge in [-0.3, -0.25) is 4.98 Å². The number of rotatable bonds is 5. The molecule has 3 N–H and O–H groups in total. The van der Waals surface area contributed by atoms with Gasteiger partial charge in [-0.1, -0.05) is 18.6 Å². The van der Waals surface area contributed by atoms with Gasteiger partial charge in [0.1, 0.15) is 11.4 Å². The third-order valence-electron chi connectivity index (χ3n) is 5.45. The molecular weight excluding hydrogens is 378 g/mol. The molecule has 4 aromatic rings. The Morgan fingerprint density at radius 2 is 1.83 bits per heavy atom. The number of para-hydroxylation sites is 2. The standard InChI is InChI=1S/C23H23N5O2/c29-17-5-3-4-15(14-17)21-22(25-13-12-24-21)30-18-10-8-16(9-11-18)26-23-27-19-6-1-2-7-20(19)28-23/h1-2,6-13,15,17,29H,3-5,14H2,(H2,26,27,28)/t15-,17+/m0/s1. The molecular formula is C23H23N5O2. The fourth-order valence-electron chi connectivity index (χ4n) is 3.97. The molecule has 0 spiro atoms. The van der Waals surface area contributed by atoms with Gasteiger partial charge in [-0.2, -0.15) is 0 Å². The van der Waals surface area contributed by atoms with Crippen molar-refractivity contribution in [1.29, 1.82) is 0 Å². The van der Waals surface area contributed by atoms with Crippen LogP contribution in [0.15, 0.2) is 60.9 Å². The monoisotopic (exact) mass is 401 g/mol. The first kappa shape index (κ1) is 18.6. The molecule has 0 bridgehead atoms. The van der Waals surface area contributed by atoms with Crippen molar-refractivity contribution in [2.24, 2.45) is 0 Å². The number of imidazole rings is 1. The van der Waals surface area contributed by atoms with E-state index in [4.69, 9.17) is 4.74 Å². The second kappa shape index (κ2) is 8.12. The van der Waals surface area contributed by atoms with Gasteiger partial charge in [0.15, 0.2) is 0 Å². The number of aliphatic hydroxyl groups is 1. The SMILES string of the molecule is O[C@@H]1CCC[C@H](c2nccnc2Oc2ccc(Nc3nc4ccccc4[nH]3)cc2)C1. The van der Waals surface area contributed by atoms with Crippen LogP contribution in [0.4, 0.5) is 11.6 Å². The summed E-state index contributed by atoms with van der Waals surface area (Å²) >= 11 is 0. The van der Waals surface area contributed by atoms with Crippen LogP contribution < -0.4 is 10.1 Å². The fourth-order valence-corrected chi connectivity index (χ4v) is 3.97. The van der Waals surface area contributed by atoms with Crippen LogP contribution in [0, 0.1) is 0 Å². The normalized spacial score (nSPS) is 19.0. The summed E-state index contributed by atoms with van der Waals surface area (Å²) in [7, 11) is 0. The maximum absolute atomic E-state index is 10.0. The van der Waals surface area contributed by atoms with Crippen LogP contribution in [-0.4, -0.2) is 31.1 Å². The van der Waals surface area contributed by atoms with Crippen LogP contribution in [0.25, 0.3) is 11.0 Å². The van der Waals surface area contributed by atoms with Crippen molar-refractivity contribution in [3.8, 4) is 11.6 Å². The second-order valence-corrected chi connectivity index (χ2v) is 7.62. The van der Waals surface area contributed by atoms with Gasteiger partial charge in [0.05, 0.1) is 17.1 Å². The van der Waals surface area contributed by atoms with Crippen molar-refractivity contribution < 1.29 is 9.84 Å². The largest absolute Gasteiger partial charge is 0.437 e. The van der Waals surface area contributed by atoms with Gasteiger partial charge in [0, 0.05) is 24.0 Å². The van der Waals surface area contributed by atoms with E-state index in [-0.39, 0.29) is 12.0 Å². The highest BCUT2D eigenvalue weighted by Crippen LogP contribution is 2.36. The van der Waals surface area contributed by atoms with E-state index in [2.05, 4.69) is 25.3 Å². The van der Waals surface area contributed by atoms with E-state index < -0.39 is 0 Å². The Kier molecular flexibility index (Phi) is 5.03. The van der Waals surface area contributed by atoms with Crippen LogP contribution in [0.2, 0.25) is 0 Å². The Hall–Kier alpha value is -3.45. The number of H-pyrrole nitrogens is 1. The average molecular weight is 401 g/mol. The Balaban J connectivity index is 1.30. The highest BCUT2D eigenvalue weighted by atomic mass is 16.5. The zero-order chi connectivity index (χ0) is 20.3. The van der Waals surface area contributed by atoms with Crippen molar-refractivity contribution in [1.82, 2.24) is 19.9 Å². The summed E-state index contributed by atoms with van der Waals surface area (Å²) < 4.78 is 6.04. The summed E-state index contributed by atoms with van der Waals surface area (Å²) in [5.41, 5.74) is 3.63. The highest BCUT2D eigenvalue weighted by molar-refractivity contribution is 5.78. The minimum Gasteiger partial charge on any atom is -0.437 e. The van der Waals surface area contributed by atoms with E-state index >= 15 is 0 Å². The van der Waals surface area contributed by atoms with Crippen LogP contribution in [0.5, 0.6) is 11.6 Å². The lowest BCUT2D eigenvalue weighted by atomic mass is 9.85. The molecule has 152 valence electrons. The molecule has 5 rings (SSSR count). The smallest absolute Gasteiger partial charge is 0.241 e. The third-order valence-corrected chi connectivity index (χ3v) is 5.45. The van der Waals surface area contributed by atoms with E-state index in [9.17, 15) is 5.11 Å². The van der Waals surface area contributed by atoms with E-state index in [1.54, 1.807) is 12.4 Å². The van der Waals surface area contributed by atoms with Gasteiger partial charge < -0.3 is 20.1 Å². The molecule has 1 fully saturated rings. The summed E-state index contributed by atoms with van der Waals surface area (Å²) in [5, 5.41) is 13.3. The highest BCUT2D eigenvalue weighted by Gasteiger charge is 2.26. The Morgan fingerprint density at radius 1 is 1.00 bits per heavy atom. The maximum Gasteiger partial charge on any atom is 0.241 e. The zero-order valence-corrected chi connectivity index (χ0v) is 16.5. The number of fused-ring (bicyclic) bond motifs is 1. The fraction of sp³-hybridized carbons (Fsp3) is 0.261. The van der Waals surface area contributed by atoms with E-state index in [0.29, 0.717) is 24.0 Å². The number of nitrogens with zero attached hydrogens (tertiary/aromatic N) is 3. The number of aromatic amines is 1. The van der Waals surface area contributed by atoms with Gasteiger partial charge in [0.2, 0.25) is 11.8 Å². The number of hydrogen-bond donors (Lipinski definition) is 3. The molecule has 1 aliphatic carbocycles. The summed E-state index contributed by atoms with van der Waals surface area (Å²) in [5.74, 6) is 2.06. The lowest BCUT2D eigenvalue weighted by molar-refractivity contribution is 0.118. The van der Waals surface area contributed by atoms with E-state index in [0.717, 1.165) is 41.7 Å². The Morgan fingerprint density at radius 3 is 2.67 bits per heavy atom. The van der Waals surface area contributed by atoms with Crippen LogP contribution >= 0.6 is 0 Å². The number of anilines is 2. The summed E-state index contributed by atoms with van der Waals surface area (Å²) in [6.07, 6.45) is 6.58. The molecule has 2 aromatic carbocycles.